The summed E-state index contributed by atoms with van der Waals surface area (Å²) >= 11 is 0. The second kappa shape index (κ2) is 6.62. The molecule has 0 atom stereocenters. The van der Waals surface area contributed by atoms with Gasteiger partial charge in [0.05, 0.1) is 0 Å². The summed E-state index contributed by atoms with van der Waals surface area (Å²) in [4.78, 5) is 12.5. The number of fused-ring (bicyclic) bond motifs is 1. The van der Waals surface area contributed by atoms with Crippen LogP contribution < -0.4 is 5.32 Å². The van der Waals surface area contributed by atoms with Crippen LogP contribution in [0.2, 0.25) is 0 Å². The van der Waals surface area contributed by atoms with Gasteiger partial charge in [-0.15, -0.1) is 0 Å². The Balaban J connectivity index is 1.71. The molecule has 0 saturated heterocycles. The minimum atomic E-state index is -0.143. The van der Waals surface area contributed by atoms with E-state index in [4.69, 9.17) is 0 Å². The van der Waals surface area contributed by atoms with E-state index >= 15 is 0 Å². The summed E-state index contributed by atoms with van der Waals surface area (Å²) in [7, 11) is 0. The van der Waals surface area contributed by atoms with E-state index in [1.807, 2.05) is 49.4 Å². The van der Waals surface area contributed by atoms with Crippen LogP contribution >= 0.6 is 0 Å². The summed E-state index contributed by atoms with van der Waals surface area (Å²) in [6.45, 7) is 2.31. The second-order valence-electron chi connectivity index (χ2n) is 5.80. The lowest BCUT2D eigenvalue weighted by Crippen LogP contribution is -2.26. The van der Waals surface area contributed by atoms with Crippen LogP contribution in [0, 0.1) is 6.92 Å². The monoisotopic (exact) mass is 321 g/mol. The van der Waals surface area contributed by atoms with E-state index in [1.54, 1.807) is 0 Å². The summed E-state index contributed by atoms with van der Waals surface area (Å²) in [6.07, 6.45) is 0.580. The third kappa shape index (κ3) is 3.18. The first-order valence-corrected chi connectivity index (χ1v) is 7.83. The van der Waals surface area contributed by atoms with Gasteiger partial charge in [0, 0.05) is 12.1 Å². The van der Waals surface area contributed by atoms with Crippen LogP contribution in [-0.4, -0.2) is 22.7 Å². The van der Waals surface area contributed by atoms with Crippen molar-refractivity contribution in [1.29, 1.82) is 0 Å². The van der Waals surface area contributed by atoms with E-state index < -0.39 is 0 Å². The van der Waals surface area contributed by atoms with Gasteiger partial charge in [-0.05, 0) is 53.4 Å². The Morgan fingerprint density at radius 1 is 1.00 bits per heavy atom. The van der Waals surface area contributed by atoms with Crippen molar-refractivity contribution in [2.45, 2.75) is 13.3 Å². The predicted octanol–water partition coefficient (Wildman–Crippen LogP) is 3.53. The largest absolute Gasteiger partial charge is 0.504 e. The SMILES string of the molecule is Cc1cc(O)c(O)cc1CCNC(=O)c1cccc2ccccc12. The summed E-state index contributed by atoms with van der Waals surface area (Å²) < 4.78 is 0. The van der Waals surface area contributed by atoms with Crippen LogP contribution in [0.3, 0.4) is 0 Å². The molecule has 0 saturated carbocycles. The first kappa shape index (κ1) is 15.9. The molecule has 0 bridgehead atoms. The number of rotatable bonds is 4. The molecule has 3 aromatic carbocycles. The average Bonchev–Trinajstić information content (AvgIpc) is 2.58. The minimum absolute atomic E-state index is 0.118. The van der Waals surface area contributed by atoms with Gasteiger partial charge in [0.15, 0.2) is 11.5 Å². The van der Waals surface area contributed by atoms with Gasteiger partial charge in [-0.1, -0.05) is 36.4 Å². The predicted molar refractivity (Wildman–Crippen MR) is 94.5 cm³/mol. The molecule has 3 N–H and O–H groups in total. The zero-order valence-corrected chi connectivity index (χ0v) is 13.4. The molecular weight excluding hydrogens is 302 g/mol. The Morgan fingerprint density at radius 2 is 1.71 bits per heavy atom. The molecule has 0 aromatic heterocycles. The summed E-state index contributed by atoms with van der Waals surface area (Å²) in [5, 5.41) is 23.9. The van der Waals surface area contributed by atoms with Crippen molar-refractivity contribution in [3.63, 3.8) is 0 Å². The molecule has 0 fully saturated rings. The highest BCUT2D eigenvalue weighted by molar-refractivity contribution is 6.06. The average molecular weight is 321 g/mol. The quantitative estimate of drug-likeness (QED) is 0.644. The van der Waals surface area contributed by atoms with E-state index in [1.165, 1.54) is 12.1 Å². The Kier molecular flexibility index (Phi) is 4.38. The van der Waals surface area contributed by atoms with E-state index in [2.05, 4.69) is 5.32 Å². The van der Waals surface area contributed by atoms with Gasteiger partial charge >= 0.3 is 0 Å². The van der Waals surface area contributed by atoms with Crippen molar-refractivity contribution < 1.29 is 15.0 Å². The van der Waals surface area contributed by atoms with Crippen LogP contribution in [-0.2, 0) is 6.42 Å². The molecule has 122 valence electrons. The van der Waals surface area contributed by atoms with E-state index in [-0.39, 0.29) is 17.4 Å². The Hall–Kier alpha value is -3.01. The van der Waals surface area contributed by atoms with E-state index in [0.717, 1.165) is 21.9 Å². The lowest BCUT2D eigenvalue weighted by Gasteiger charge is -2.10. The normalized spacial score (nSPS) is 10.7. The van der Waals surface area contributed by atoms with Crippen LogP contribution in [0.4, 0.5) is 0 Å². The third-order valence-corrected chi connectivity index (χ3v) is 4.15. The first-order chi connectivity index (χ1) is 11.6. The third-order valence-electron chi connectivity index (χ3n) is 4.15. The molecule has 3 aromatic rings. The molecule has 3 rings (SSSR count). The van der Waals surface area contributed by atoms with Gasteiger partial charge in [-0.2, -0.15) is 0 Å². The van der Waals surface area contributed by atoms with Crippen LogP contribution in [0.15, 0.2) is 54.6 Å². The number of hydrogen-bond donors (Lipinski definition) is 3. The molecule has 0 aliphatic rings. The molecule has 0 aliphatic heterocycles. The van der Waals surface area contributed by atoms with Crippen molar-refractivity contribution in [1.82, 2.24) is 5.32 Å². The maximum atomic E-state index is 12.5. The molecule has 4 nitrogen and oxygen atoms in total. The molecule has 0 aliphatic carbocycles. The van der Waals surface area contributed by atoms with E-state index in [0.29, 0.717) is 18.5 Å². The molecule has 24 heavy (non-hydrogen) atoms. The summed E-state index contributed by atoms with van der Waals surface area (Å²) in [5.74, 6) is -0.389. The number of aromatic hydroxyl groups is 2. The Bertz CT molecular complexity index is 897. The van der Waals surface area contributed by atoms with Crippen molar-refractivity contribution in [3.8, 4) is 11.5 Å². The van der Waals surface area contributed by atoms with Crippen LogP contribution in [0.25, 0.3) is 10.8 Å². The second-order valence-corrected chi connectivity index (χ2v) is 5.80. The highest BCUT2D eigenvalue weighted by atomic mass is 16.3. The van der Waals surface area contributed by atoms with Gasteiger partial charge in [0.1, 0.15) is 0 Å². The Labute approximate surface area is 140 Å². The maximum Gasteiger partial charge on any atom is 0.251 e. The van der Waals surface area contributed by atoms with Gasteiger partial charge in [0.2, 0.25) is 0 Å². The van der Waals surface area contributed by atoms with Crippen molar-refractivity contribution >= 4 is 16.7 Å². The number of aryl methyl sites for hydroxylation is 1. The molecule has 0 radical (unpaired) electrons. The number of amides is 1. The number of nitrogens with one attached hydrogen (secondary N) is 1. The van der Waals surface area contributed by atoms with Crippen molar-refractivity contribution in [2.24, 2.45) is 0 Å². The van der Waals surface area contributed by atoms with Crippen LogP contribution in [0.1, 0.15) is 21.5 Å². The summed E-state index contributed by atoms with van der Waals surface area (Å²) in [5.41, 5.74) is 2.42. The zero-order valence-electron chi connectivity index (χ0n) is 13.4. The highest BCUT2D eigenvalue weighted by Crippen LogP contribution is 2.28. The number of hydrogen-bond acceptors (Lipinski definition) is 3. The molecular formula is C20H19NO3. The standard InChI is InChI=1S/C20H19NO3/c1-13-11-18(22)19(23)12-15(13)9-10-21-20(24)17-8-4-6-14-5-2-3-7-16(14)17/h2-8,11-12,22-23H,9-10H2,1H3,(H,21,24). The van der Waals surface area contributed by atoms with Crippen molar-refractivity contribution in [2.75, 3.05) is 6.54 Å². The number of benzene rings is 3. The molecule has 4 heteroatoms. The maximum absolute atomic E-state index is 12.5. The van der Waals surface area contributed by atoms with Gasteiger partial charge in [0.25, 0.3) is 5.91 Å². The lowest BCUT2D eigenvalue weighted by molar-refractivity contribution is 0.0956. The van der Waals surface area contributed by atoms with Gasteiger partial charge in [-0.3, -0.25) is 4.79 Å². The molecule has 0 heterocycles. The van der Waals surface area contributed by atoms with Crippen LogP contribution in [0.5, 0.6) is 11.5 Å². The zero-order chi connectivity index (χ0) is 17.1. The summed E-state index contributed by atoms with van der Waals surface area (Å²) in [6, 6.07) is 16.5. The molecule has 1 amide bonds. The lowest BCUT2D eigenvalue weighted by atomic mass is 10.0. The fourth-order valence-electron chi connectivity index (χ4n) is 2.82. The number of phenolic OH excluding ortho intramolecular Hbond substituents is 2. The smallest absolute Gasteiger partial charge is 0.251 e. The Morgan fingerprint density at radius 3 is 2.54 bits per heavy atom. The van der Waals surface area contributed by atoms with Gasteiger partial charge < -0.3 is 15.5 Å². The first-order valence-electron chi connectivity index (χ1n) is 7.83. The van der Waals surface area contributed by atoms with Gasteiger partial charge in [-0.25, -0.2) is 0 Å². The molecule has 0 spiro atoms. The number of carbonyl (C=O) groups excluding carboxylic acids is 1. The topological polar surface area (TPSA) is 69.6 Å². The van der Waals surface area contributed by atoms with E-state index in [9.17, 15) is 15.0 Å². The fourth-order valence-corrected chi connectivity index (χ4v) is 2.82. The number of carbonyl (C=O) groups is 1. The van der Waals surface area contributed by atoms with Crippen molar-refractivity contribution in [3.05, 3.63) is 71.3 Å². The highest BCUT2D eigenvalue weighted by Gasteiger charge is 2.10. The minimum Gasteiger partial charge on any atom is -0.504 e. The molecule has 0 unspecified atom stereocenters. The fraction of sp³-hybridized carbons (Fsp3) is 0.150. The number of phenols is 2.